The van der Waals surface area contributed by atoms with E-state index in [-0.39, 0.29) is 12.0 Å². The highest BCUT2D eigenvalue weighted by Gasteiger charge is 2.24. The molecule has 1 fully saturated rings. The molecule has 0 aliphatic heterocycles. The molecule has 3 rings (SSSR count). The minimum absolute atomic E-state index is 0.195. The summed E-state index contributed by atoms with van der Waals surface area (Å²) < 4.78 is 1.49. The number of carbonyl (C=O) groups excluding carboxylic acids is 1. The first kappa shape index (κ1) is 14.1. The molecule has 2 heterocycles. The summed E-state index contributed by atoms with van der Waals surface area (Å²) in [5.41, 5.74) is 0.590. The maximum absolute atomic E-state index is 11.9. The third-order valence-corrected chi connectivity index (χ3v) is 3.79. The second kappa shape index (κ2) is 5.87. The molecule has 2 aromatic rings. The average molecular weight is 310 g/mol. The summed E-state index contributed by atoms with van der Waals surface area (Å²) in [6, 6.07) is 2.78. The Labute approximate surface area is 126 Å². The second-order valence-corrected chi connectivity index (χ2v) is 5.58. The standard InChI is InChI=1S/C13H16ClN5O2/c14-8-5-6-11-16-12(18-19(11)7-8)17-13(21)15-9-3-1-2-4-10(9)20/h5-7,9-10,20H,1-4H2,(H2,15,17,18,21)/t9-,10-/m0/s1. The van der Waals surface area contributed by atoms with Crippen molar-refractivity contribution in [3.05, 3.63) is 23.4 Å². The van der Waals surface area contributed by atoms with Crippen molar-refractivity contribution in [2.45, 2.75) is 37.8 Å². The number of carbonyl (C=O) groups is 1. The predicted octanol–water partition coefficient (Wildman–Crippen LogP) is 1.81. The fourth-order valence-corrected chi connectivity index (χ4v) is 2.65. The van der Waals surface area contributed by atoms with Crippen LogP contribution in [0.5, 0.6) is 0 Å². The normalized spacial score (nSPS) is 22.2. The topological polar surface area (TPSA) is 91.6 Å². The average Bonchev–Trinajstić information content (AvgIpc) is 2.82. The van der Waals surface area contributed by atoms with Gasteiger partial charge in [0.05, 0.1) is 17.2 Å². The number of hydrogen-bond donors (Lipinski definition) is 3. The van der Waals surface area contributed by atoms with Crippen molar-refractivity contribution in [2.24, 2.45) is 0 Å². The fraction of sp³-hybridized carbons (Fsp3) is 0.462. The molecule has 0 saturated heterocycles. The van der Waals surface area contributed by atoms with Crippen LogP contribution in [0.1, 0.15) is 25.7 Å². The first-order valence-corrected chi connectivity index (χ1v) is 7.27. The molecule has 0 unspecified atom stereocenters. The van der Waals surface area contributed by atoms with E-state index in [2.05, 4.69) is 20.7 Å². The number of halogens is 1. The van der Waals surface area contributed by atoms with Crippen molar-refractivity contribution in [2.75, 3.05) is 5.32 Å². The molecule has 3 N–H and O–H groups in total. The summed E-state index contributed by atoms with van der Waals surface area (Å²) in [4.78, 5) is 16.1. The third kappa shape index (κ3) is 3.25. The number of aromatic nitrogens is 3. The maximum atomic E-state index is 11.9. The Bertz CT molecular complexity index is 659. The summed E-state index contributed by atoms with van der Waals surface area (Å²) in [5.74, 6) is 0.195. The zero-order valence-corrected chi connectivity index (χ0v) is 12.0. The molecule has 1 aliphatic carbocycles. The zero-order valence-electron chi connectivity index (χ0n) is 11.3. The number of anilines is 1. The van der Waals surface area contributed by atoms with Gasteiger partial charge in [-0.25, -0.2) is 9.31 Å². The first-order valence-electron chi connectivity index (χ1n) is 6.89. The van der Waals surface area contributed by atoms with Crippen LogP contribution in [0.3, 0.4) is 0 Å². The van der Waals surface area contributed by atoms with Gasteiger partial charge in [0.25, 0.3) is 5.95 Å². The van der Waals surface area contributed by atoms with E-state index in [1.54, 1.807) is 18.3 Å². The molecule has 112 valence electrons. The van der Waals surface area contributed by atoms with Gasteiger partial charge in [0.15, 0.2) is 5.65 Å². The molecule has 1 aliphatic rings. The zero-order chi connectivity index (χ0) is 14.8. The number of rotatable bonds is 2. The van der Waals surface area contributed by atoms with E-state index in [9.17, 15) is 9.90 Å². The number of urea groups is 1. The Hall–Kier alpha value is -1.86. The summed E-state index contributed by atoms with van der Waals surface area (Å²) >= 11 is 5.86. The van der Waals surface area contributed by atoms with Crippen LogP contribution in [0.25, 0.3) is 5.65 Å². The van der Waals surface area contributed by atoms with Crippen LogP contribution in [0.4, 0.5) is 10.7 Å². The van der Waals surface area contributed by atoms with E-state index in [4.69, 9.17) is 11.6 Å². The molecule has 0 radical (unpaired) electrons. The number of fused-ring (bicyclic) bond motifs is 1. The number of pyridine rings is 1. The molecule has 8 heteroatoms. The quantitative estimate of drug-likeness (QED) is 0.789. The van der Waals surface area contributed by atoms with E-state index in [0.29, 0.717) is 10.7 Å². The smallest absolute Gasteiger partial charge is 0.321 e. The van der Waals surface area contributed by atoms with E-state index in [1.165, 1.54) is 4.52 Å². The molecular weight excluding hydrogens is 294 g/mol. The van der Waals surface area contributed by atoms with Crippen molar-refractivity contribution in [3.63, 3.8) is 0 Å². The van der Waals surface area contributed by atoms with Crippen LogP contribution < -0.4 is 10.6 Å². The lowest BCUT2D eigenvalue weighted by Gasteiger charge is -2.28. The van der Waals surface area contributed by atoms with Crippen LogP contribution in [0.2, 0.25) is 5.02 Å². The molecule has 0 aromatic carbocycles. The summed E-state index contributed by atoms with van der Waals surface area (Å²) in [7, 11) is 0. The molecule has 2 atom stereocenters. The highest BCUT2D eigenvalue weighted by Crippen LogP contribution is 2.18. The summed E-state index contributed by atoms with van der Waals surface area (Å²) in [5, 5.41) is 19.8. The van der Waals surface area contributed by atoms with Crippen molar-refractivity contribution >= 4 is 29.2 Å². The van der Waals surface area contributed by atoms with E-state index < -0.39 is 12.1 Å². The van der Waals surface area contributed by atoms with Gasteiger partial charge in [-0.2, -0.15) is 4.98 Å². The molecular formula is C13H16ClN5O2. The SMILES string of the molecule is O=C(Nc1nc2ccc(Cl)cn2n1)N[C@H]1CCCC[C@@H]1O. The molecule has 2 aromatic heterocycles. The largest absolute Gasteiger partial charge is 0.391 e. The lowest BCUT2D eigenvalue weighted by molar-refractivity contribution is 0.0955. The Morgan fingerprint density at radius 1 is 1.38 bits per heavy atom. The number of nitrogens with zero attached hydrogens (tertiary/aromatic N) is 3. The minimum atomic E-state index is -0.489. The monoisotopic (exact) mass is 309 g/mol. The molecule has 21 heavy (non-hydrogen) atoms. The highest BCUT2D eigenvalue weighted by atomic mass is 35.5. The van der Waals surface area contributed by atoms with E-state index in [1.807, 2.05) is 0 Å². The predicted molar refractivity (Wildman–Crippen MR) is 78.4 cm³/mol. The number of nitrogens with one attached hydrogen (secondary N) is 2. The van der Waals surface area contributed by atoms with Crippen molar-refractivity contribution in [3.8, 4) is 0 Å². The molecule has 1 saturated carbocycles. The Morgan fingerprint density at radius 3 is 3.00 bits per heavy atom. The Balaban J connectivity index is 1.65. The minimum Gasteiger partial charge on any atom is -0.391 e. The van der Waals surface area contributed by atoms with E-state index in [0.717, 1.165) is 25.7 Å². The van der Waals surface area contributed by atoms with Crippen molar-refractivity contribution < 1.29 is 9.90 Å². The number of aliphatic hydroxyl groups excluding tert-OH is 1. The first-order chi connectivity index (χ1) is 10.1. The molecule has 2 amide bonds. The van der Waals surface area contributed by atoms with E-state index >= 15 is 0 Å². The summed E-state index contributed by atoms with van der Waals surface area (Å²) in [6.07, 6.45) is 4.62. The van der Waals surface area contributed by atoms with Gasteiger partial charge in [0.2, 0.25) is 0 Å². The van der Waals surface area contributed by atoms with Gasteiger partial charge in [-0.05, 0) is 25.0 Å². The van der Waals surface area contributed by atoms with Crippen molar-refractivity contribution in [1.29, 1.82) is 0 Å². The van der Waals surface area contributed by atoms with Crippen LogP contribution in [-0.2, 0) is 0 Å². The van der Waals surface area contributed by atoms with Crippen LogP contribution in [0, 0.1) is 0 Å². The molecule has 7 nitrogen and oxygen atoms in total. The van der Waals surface area contributed by atoms with Crippen LogP contribution in [0.15, 0.2) is 18.3 Å². The third-order valence-electron chi connectivity index (χ3n) is 3.57. The second-order valence-electron chi connectivity index (χ2n) is 5.14. The van der Waals surface area contributed by atoms with Crippen molar-refractivity contribution in [1.82, 2.24) is 19.9 Å². The van der Waals surface area contributed by atoms with Gasteiger partial charge in [0, 0.05) is 6.20 Å². The van der Waals surface area contributed by atoms with Gasteiger partial charge in [-0.3, -0.25) is 5.32 Å². The van der Waals surface area contributed by atoms with Gasteiger partial charge in [0.1, 0.15) is 0 Å². The van der Waals surface area contributed by atoms with Gasteiger partial charge < -0.3 is 10.4 Å². The van der Waals surface area contributed by atoms with Gasteiger partial charge in [-0.15, -0.1) is 5.10 Å². The van der Waals surface area contributed by atoms with Gasteiger partial charge >= 0.3 is 6.03 Å². The Morgan fingerprint density at radius 2 is 2.19 bits per heavy atom. The van der Waals surface area contributed by atoms with Crippen LogP contribution >= 0.6 is 11.6 Å². The lowest BCUT2D eigenvalue weighted by Crippen LogP contribution is -2.46. The molecule has 0 bridgehead atoms. The number of aliphatic hydroxyl groups is 1. The Kier molecular flexibility index (Phi) is 3.94. The van der Waals surface area contributed by atoms with Gasteiger partial charge in [-0.1, -0.05) is 24.4 Å². The highest BCUT2D eigenvalue weighted by molar-refractivity contribution is 6.30. The lowest BCUT2D eigenvalue weighted by atomic mass is 9.93. The maximum Gasteiger partial charge on any atom is 0.321 e. The fourth-order valence-electron chi connectivity index (χ4n) is 2.50. The summed E-state index contributed by atoms with van der Waals surface area (Å²) in [6.45, 7) is 0. The molecule has 0 spiro atoms. The number of amides is 2. The van der Waals surface area contributed by atoms with Crippen LogP contribution in [-0.4, -0.2) is 37.9 Å². The number of hydrogen-bond acceptors (Lipinski definition) is 4.